The maximum atomic E-state index is 11.9. The second-order valence-corrected chi connectivity index (χ2v) is 6.47. The summed E-state index contributed by atoms with van der Waals surface area (Å²) < 4.78 is 25.1. The molecule has 1 saturated heterocycles. The number of carbonyl (C=O) groups excluding carboxylic acids is 1. The highest BCUT2D eigenvalue weighted by atomic mass is 32.2. The summed E-state index contributed by atoms with van der Waals surface area (Å²) in [4.78, 5) is 12.8. The average Bonchev–Trinajstić information content (AvgIpc) is 2.40. The van der Waals surface area contributed by atoms with Gasteiger partial charge in [0.15, 0.2) is 0 Å². The molecule has 1 rings (SSSR count). The predicted molar refractivity (Wildman–Crippen MR) is 69.0 cm³/mol. The third-order valence-corrected chi connectivity index (χ3v) is 4.77. The molecule has 6 nitrogen and oxygen atoms in total. The minimum absolute atomic E-state index is 0.0291. The van der Waals surface area contributed by atoms with Crippen LogP contribution in [0.2, 0.25) is 0 Å². The largest absolute Gasteiger partial charge is 0.392 e. The summed E-state index contributed by atoms with van der Waals surface area (Å²) in [6.45, 7) is 3.22. The number of hydrogen-bond donors (Lipinski definition) is 1. The van der Waals surface area contributed by atoms with Crippen LogP contribution >= 0.6 is 12.2 Å². The van der Waals surface area contributed by atoms with E-state index < -0.39 is 10.0 Å². The van der Waals surface area contributed by atoms with Crippen molar-refractivity contribution in [2.24, 2.45) is 5.73 Å². The summed E-state index contributed by atoms with van der Waals surface area (Å²) in [7, 11) is -3.43. The van der Waals surface area contributed by atoms with Crippen LogP contribution in [-0.4, -0.2) is 60.5 Å². The van der Waals surface area contributed by atoms with Gasteiger partial charge in [0.25, 0.3) is 0 Å². The van der Waals surface area contributed by atoms with Gasteiger partial charge in [-0.05, 0) is 6.42 Å². The Morgan fingerprint density at radius 3 is 2.47 bits per heavy atom. The molecule has 0 unspecified atom stereocenters. The lowest BCUT2D eigenvalue weighted by molar-refractivity contribution is -0.128. The van der Waals surface area contributed by atoms with Crippen molar-refractivity contribution in [3.05, 3.63) is 0 Å². The minimum atomic E-state index is -3.43. The normalized spacial score (nSPS) is 18.8. The first-order chi connectivity index (χ1) is 7.83. The summed E-state index contributed by atoms with van der Waals surface area (Å²) in [6.07, 6.45) is 0.635. The minimum Gasteiger partial charge on any atom is -0.392 e. The van der Waals surface area contributed by atoms with E-state index in [1.54, 1.807) is 4.90 Å². The third-order valence-electron chi connectivity index (χ3n) is 2.62. The summed E-state index contributed by atoms with van der Waals surface area (Å²) in [6, 6.07) is 0. The van der Waals surface area contributed by atoms with Gasteiger partial charge >= 0.3 is 0 Å². The first-order valence-corrected chi connectivity index (χ1v) is 7.36. The van der Waals surface area contributed by atoms with Crippen LogP contribution in [0.4, 0.5) is 0 Å². The van der Waals surface area contributed by atoms with E-state index in [-0.39, 0.29) is 16.6 Å². The summed E-state index contributed by atoms with van der Waals surface area (Å²) in [5, 5.41) is 0. The molecule has 0 atom stereocenters. The van der Waals surface area contributed by atoms with Gasteiger partial charge in [-0.25, -0.2) is 8.42 Å². The molecule has 0 bridgehead atoms. The highest BCUT2D eigenvalue weighted by Crippen LogP contribution is 2.08. The van der Waals surface area contributed by atoms with E-state index in [0.717, 1.165) is 0 Å². The molecular weight excluding hydrogens is 262 g/mol. The van der Waals surface area contributed by atoms with Crippen LogP contribution in [0.3, 0.4) is 0 Å². The van der Waals surface area contributed by atoms with Crippen molar-refractivity contribution >= 4 is 33.1 Å². The Labute approximate surface area is 107 Å². The second-order valence-electron chi connectivity index (χ2n) is 3.98. The van der Waals surface area contributed by atoms with Crippen molar-refractivity contribution in [1.82, 2.24) is 9.21 Å². The maximum absolute atomic E-state index is 11.9. The number of thiocarbonyl (C=S) groups is 1. The Kier molecular flexibility index (Phi) is 4.84. The summed E-state index contributed by atoms with van der Waals surface area (Å²) in [5.74, 6) is -0.332. The van der Waals surface area contributed by atoms with Crippen molar-refractivity contribution in [3.63, 3.8) is 0 Å². The zero-order valence-electron chi connectivity index (χ0n) is 9.76. The quantitative estimate of drug-likeness (QED) is 0.681. The van der Waals surface area contributed by atoms with Gasteiger partial charge in [0.1, 0.15) is 5.75 Å². The Hall–Kier alpha value is -0.730. The van der Waals surface area contributed by atoms with E-state index in [4.69, 9.17) is 5.73 Å². The van der Waals surface area contributed by atoms with Crippen LogP contribution in [0.5, 0.6) is 0 Å². The van der Waals surface area contributed by atoms with Crippen molar-refractivity contribution in [1.29, 1.82) is 0 Å². The van der Waals surface area contributed by atoms with E-state index in [1.807, 2.05) is 0 Å². The fraction of sp³-hybridized carbons (Fsp3) is 0.778. The molecule has 1 fully saturated rings. The van der Waals surface area contributed by atoms with Crippen LogP contribution in [0, 0.1) is 0 Å². The van der Waals surface area contributed by atoms with Gasteiger partial charge in [0.2, 0.25) is 15.9 Å². The first kappa shape index (κ1) is 14.3. The molecule has 1 aliphatic heterocycles. The van der Waals surface area contributed by atoms with Crippen LogP contribution < -0.4 is 5.73 Å². The third kappa shape index (κ3) is 4.21. The molecule has 1 amide bonds. The van der Waals surface area contributed by atoms with Crippen LogP contribution in [0.15, 0.2) is 0 Å². The van der Waals surface area contributed by atoms with Gasteiger partial charge in [-0.15, -0.1) is 0 Å². The molecule has 0 aliphatic carbocycles. The number of amides is 1. The summed E-state index contributed by atoms with van der Waals surface area (Å²) in [5.41, 5.74) is 5.26. The monoisotopic (exact) mass is 279 g/mol. The lowest BCUT2D eigenvalue weighted by atomic mass is 10.4. The van der Waals surface area contributed by atoms with Crippen LogP contribution in [-0.2, 0) is 14.8 Å². The molecule has 1 heterocycles. The Bertz CT molecular complexity index is 408. The highest BCUT2D eigenvalue weighted by molar-refractivity contribution is 7.92. The van der Waals surface area contributed by atoms with Crippen molar-refractivity contribution in [2.75, 3.05) is 31.9 Å². The molecule has 0 aromatic rings. The second kappa shape index (κ2) is 5.74. The lowest BCUT2D eigenvalue weighted by Gasteiger charge is -2.20. The lowest BCUT2D eigenvalue weighted by Crippen LogP contribution is -2.39. The SMILES string of the molecule is CC(=O)N1CCCN(S(=O)(=O)CC(N)=S)CC1. The van der Waals surface area contributed by atoms with Crippen molar-refractivity contribution in [2.45, 2.75) is 13.3 Å². The molecule has 8 heteroatoms. The molecular formula is C9H17N3O3S2. The number of hydrogen-bond acceptors (Lipinski definition) is 4. The van der Waals surface area contributed by atoms with Crippen LogP contribution in [0.1, 0.15) is 13.3 Å². The molecule has 2 N–H and O–H groups in total. The van der Waals surface area contributed by atoms with Gasteiger partial charge < -0.3 is 10.6 Å². The molecule has 1 aliphatic rings. The molecule has 98 valence electrons. The first-order valence-electron chi connectivity index (χ1n) is 5.34. The zero-order chi connectivity index (χ0) is 13.1. The highest BCUT2D eigenvalue weighted by Gasteiger charge is 2.26. The Morgan fingerprint density at radius 2 is 1.94 bits per heavy atom. The topological polar surface area (TPSA) is 83.7 Å². The zero-order valence-corrected chi connectivity index (χ0v) is 11.4. The van der Waals surface area contributed by atoms with Gasteiger partial charge in [0.05, 0.1) is 4.99 Å². The maximum Gasteiger partial charge on any atom is 0.220 e. The van der Waals surface area contributed by atoms with E-state index in [0.29, 0.717) is 32.6 Å². The van der Waals surface area contributed by atoms with E-state index in [9.17, 15) is 13.2 Å². The number of sulfonamides is 1. The standard InChI is InChI=1S/C9H17N3O3S2/c1-8(13)11-3-2-4-12(6-5-11)17(14,15)7-9(10)16/h2-7H2,1H3,(H2,10,16). The average molecular weight is 279 g/mol. The van der Waals surface area contributed by atoms with Gasteiger partial charge in [0, 0.05) is 33.1 Å². The fourth-order valence-corrected chi connectivity index (χ4v) is 3.51. The van der Waals surface area contributed by atoms with Crippen molar-refractivity contribution in [3.8, 4) is 0 Å². The molecule has 0 aromatic heterocycles. The van der Waals surface area contributed by atoms with Crippen molar-refractivity contribution < 1.29 is 13.2 Å². The van der Waals surface area contributed by atoms with Gasteiger partial charge in [-0.2, -0.15) is 4.31 Å². The molecule has 17 heavy (non-hydrogen) atoms. The van der Waals surface area contributed by atoms with Crippen LogP contribution in [0.25, 0.3) is 0 Å². The molecule has 0 radical (unpaired) electrons. The molecule has 0 aromatic carbocycles. The van der Waals surface area contributed by atoms with E-state index in [1.165, 1.54) is 11.2 Å². The van der Waals surface area contributed by atoms with E-state index >= 15 is 0 Å². The Balaban J connectivity index is 2.68. The van der Waals surface area contributed by atoms with Gasteiger partial charge in [-0.1, -0.05) is 12.2 Å². The fourth-order valence-electron chi connectivity index (χ4n) is 1.76. The smallest absolute Gasteiger partial charge is 0.220 e. The summed E-state index contributed by atoms with van der Waals surface area (Å²) >= 11 is 4.62. The predicted octanol–water partition coefficient (Wildman–Crippen LogP) is -0.843. The molecule has 0 saturated carbocycles. The number of nitrogens with two attached hydrogens (primary N) is 1. The van der Waals surface area contributed by atoms with Gasteiger partial charge in [-0.3, -0.25) is 4.79 Å². The molecule has 0 spiro atoms. The number of rotatable bonds is 3. The number of carbonyl (C=O) groups is 1. The Morgan fingerprint density at radius 1 is 1.29 bits per heavy atom. The number of nitrogens with zero attached hydrogens (tertiary/aromatic N) is 2. The van der Waals surface area contributed by atoms with E-state index in [2.05, 4.69) is 12.2 Å².